The average Bonchev–Trinajstić information content (AvgIpc) is 3.35. The van der Waals surface area contributed by atoms with Gasteiger partial charge in [0.1, 0.15) is 23.9 Å². The fourth-order valence-corrected chi connectivity index (χ4v) is 3.56. The Bertz CT molecular complexity index is 1050. The van der Waals surface area contributed by atoms with Gasteiger partial charge < -0.3 is 9.15 Å². The van der Waals surface area contributed by atoms with Crippen LogP contribution in [-0.2, 0) is 19.4 Å². The molecule has 0 N–H and O–H groups in total. The van der Waals surface area contributed by atoms with Gasteiger partial charge in [-0.15, -0.1) is 0 Å². The topological polar surface area (TPSA) is 39.4 Å². The van der Waals surface area contributed by atoms with E-state index in [0.29, 0.717) is 33.7 Å². The van der Waals surface area contributed by atoms with Crippen molar-refractivity contribution in [3.63, 3.8) is 0 Å². The number of fused-ring (bicyclic) bond motifs is 1. The van der Waals surface area contributed by atoms with E-state index in [1.807, 2.05) is 12.1 Å². The molecule has 1 aromatic heterocycles. The maximum Gasteiger partial charge on any atom is 0.186 e. The number of carbonyl (C=O) groups is 1. The van der Waals surface area contributed by atoms with Crippen molar-refractivity contribution >= 4 is 35.1 Å². The van der Waals surface area contributed by atoms with Gasteiger partial charge in [-0.05, 0) is 85.0 Å². The normalized spacial score (nSPS) is 13.1. The molecule has 0 saturated heterocycles. The fourth-order valence-electron chi connectivity index (χ4n) is 3.26. The molecule has 4 rings (SSSR count). The van der Waals surface area contributed by atoms with Crippen LogP contribution in [-0.4, -0.2) is 5.78 Å². The second-order valence-corrected chi connectivity index (χ2v) is 7.52. The third kappa shape index (κ3) is 4.32. The van der Waals surface area contributed by atoms with Gasteiger partial charge in [-0.3, -0.25) is 4.79 Å². The lowest BCUT2D eigenvalue weighted by Crippen LogP contribution is -1.95. The minimum atomic E-state index is -0.175. The molecule has 0 spiro atoms. The maximum absolute atomic E-state index is 12.2. The van der Waals surface area contributed by atoms with Crippen molar-refractivity contribution in [2.24, 2.45) is 0 Å². The minimum Gasteiger partial charge on any atom is -0.486 e. The van der Waals surface area contributed by atoms with E-state index < -0.39 is 0 Å². The molecule has 142 valence electrons. The van der Waals surface area contributed by atoms with Crippen molar-refractivity contribution in [2.75, 3.05) is 0 Å². The Hall–Kier alpha value is -2.49. The lowest BCUT2D eigenvalue weighted by atomic mass is 10.1. The van der Waals surface area contributed by atoms with Crippen molar-refractivity contribution in [3.8, 4) is 5.75 Å². The summed E-state index contributed by atoms with van der Waals surface area (Å²) in [6.45, 7) is 0.341. The van der Waals surface area contributed by atoms with E-state index in [-0.39, 0.29) is 5.78 Å². The number of rotatable bonds is 6. The van der Waals surface area contributed by atoms with Crippen LogP contribution in [0.1, 0.15) is 39.4 Å². The zero-order valence-corrected chi connectivity index (χ0v) is 16.6. The first-order valence-corrected chi connectivity index (χ1v) is 9.85. The molecule has 28 heavy (non-hydrogen) atoms. The van der Waals surface area contributed by atoms with Gasteiger partial charge >= 0.3 is 0 Å². The highest BCUT2D eigenvalue weighted by molar-refractivity contribution is 6.42. The summed E-state index contributed by atoms with van der Waals surface area (Å²) >= 11 is 11.8. The third-order valence-corrected chi connectivity index (χ3v) is 5.48. The van der Waals surface area contributed by atoms with Gasteiger partial charge in [-0.1, -0.05) is 29.3 Å². The molecule has 1 heterocycles. The van der Waals surface area contributed by atoms with E-state index in [0.717, 1.165) is 18.6 Å². The lowest BCUT2D eigenvalue weighted by Gasteiger charge is -2.06. The Morgan fingerprint density at radius 1 is 1.00 bits per heavy atom. The Kier molecular flexibility index (Phi) is 5.56. The molecule has 3 aromatic rings. The zero-order valence-electron chi connectivity index (χ0n) is 15.1. The van der Waals surface area contributed by atoms with Gasteiger partial charge in [-0.25, -0.2) is 0 Å². The minimum absolute atomic E-state index is 0.175. The number of aryl methyl sites for hydroxylation is 2. The van der Waals surface area contributed by atoms with Crippen LogP contribution < -0.4 is 4.74 Å². The van der Waals surface area contributed by atoms with Gasteiger partial charge in [0.2, 0.25) is 0 Å². The van der Waals surface area contributed by atoms with Crippen LogP contribution in [0.3, 0.4) is 0 Å². The average molecular weight is 413 g/mol. The first-order chi connectivity index (χ1) is 13.6. The largest absolute Gasteiger partial charge is 0.486 e. The highest BCUT2D eigenvalue weighted by atomic mass is 35.5. The molecule has 2 aromatic carbocycles. The van der Waals surface area contributed by atoms with Crippen molar-refractivity contribution in [1.29, 1.82) is 0 Å². The van der Waals surface area contributed by atoms with E-state index >= 15 is 0 Å². The van der Waals surface area contributed by atoms with Crippen molar-refractivity contribution in [1.82, 2.24) is 0 Å². The molecule has 1 aliphatic rings. The summed E-state index contributed by atoms with van der Waals surface area (Å²) in [5, 5.41) is 0.770. The number of benzene rings is 2. The van der Waals surface area contributed by atoms with Crippen LogP contribution in [0.15, 0.2) is 59.0 Å². The van der Waals surface area contributed by atoms with Crippen molar-refractivity contribution < 1.29 is 13.9 Å². The fraction of sp³-hybridized carbons (Fsp3) is 0.174. The van der Waals surface area contributed by atoms with Gasteiger partial charge in [0.25, 0.3) is 0 Å². The molecular formula is C23H18Cl2O3. The van der Waals surface area contributed by atoms with E-state index in [4.69, 9.17) is 32.4 Å². The van der Waals surface area contributed by atoms with E-state index in [1.54, 1.807) is 30.3 Å². The summed E-state index contributed by atoms with van der Waals surface area (Å²) in [4.78, 5) is 12.2. The standard InChI is InChI=1S/C23H18Cl2O3/c24-21-10-5-17(13-22(21)25)23(26)11-9-18-7-8-20(28-18)14-27-19-6-4-15-2-1-3-16(15)12-19/h4-13H,1-3,14H2/b11-9+. The van der Waals surface area contributed by atoms with Crippen LogP contribution >= 0.6 is 23.2 Å². The molecule has 3 nitrogen and oxygen atoms in total. The number of ether oxygens (including phenoxy) is 1. The second kappa shape index (κ2) is 8.26. The number of furan rings is 1. The second-order valence-electron chi connectivity index (χ2n) is 6.70. The number of carbonyl (C=O) groups excluding carboxylic acids is 1. The zero-order chi connectivity index (χ0) is 19.5. The van der Waals surface area contributed by atoms with Gasteiger partial charge in [0, 0.05) is 5.56 Å². The highest BCUT2D eigenvalue weighted by Crippen LogP contribution is 2.27. The Labute approximate surface area is 173 Å². The van der Waals surface area contributed by atoms with Gasteiger partial charge in [-0.2, -0.15) is 0 Å². The van der Waals surface area contributed by atoms with Crippen molar-refractivity contribution in [3.05, 3.63) is 92.9 Å². The number of halogens is 2. The molecule has 1 aliphatic carbocycles. The smallest absolute Gasteiger partial charge is 0.186 e. The van der Waals surface area contributed by atoms with Gasteiger partial charge in [0.05, 0.1) is 10.0 Å². The third-order valence-electron chi connectivity index (χ3n) is 4.74. The Balaban J connectivity index is 1.36. The van der Waals surface area contributed by atoms with Crippen molar-refractivity contribution in [2.45, 2.75) is 25.9 Å². The molecule has 0 atom stereocenters. The first kappa shape index (κ1) is 18.9. The summed E-state index contributed by atoms with van der Waals surface area (Å²) in [5.74, 6) is 1.96. The molecule has 5 heteroatoms. The summed E-state index contributed by atoms with van der Waals surface area (Å²) in [5.41, 5.74) is 3.27. The Morgan fingerprint density at radius 3 is 2.71 bits per heavy atom. The SMILES string of the molecule is O=C(/C=C/c1ccc(COc2ccc3c(c2)CCC3)o1)c1ccc(Cl)c(Cl)c1. The maximum atomic E-state index is 12.2. The lowest BCUT2D eigenvalue weighted by molar-refractivity contribution is 0.104. The van der Waals surface area contributed by atoms with E-state index in [9.17, 15) is 4.79 Å². The predicted molar refractivity (Wildman–Crippen MR) is 111 cm³/mol. The summed E-state index contributed by atoms with van der Waals surface area (Å²) in [7, 11) is 0. The highest BCUT2D eigenvalue weighted by Gasteiger charge is 2.11. The van der Waals surface area contributed by atoms with Crippen LogP contribution in [0.2, 0.25) is 10.0 Å². The summed E-state index contributed by atoms with van der Waals surface area (Å²) in [6.07, 6.45) is 6.57. The molecule has 0 amide bonds. The first-order valence-electron chi connectivity index (χ1n) is 9.09. The number of hydrogen-bond donors (Lipinski definition) is 0. The van der Waals surface area contributed by atoms with E-state index in [1.165, 1.54) is 23.6 Å². The number of ketones is 1. The molecule has 0 unspecified atom stereocenters. The summed E-state index contributed by atoms with van der Waals surface area (Å²) < 4.78 is 11.6. The van der Waals surface area contributed by atoms with Crippen LogP contribution in [0.5, 0.6) is 5.75 Å². The summed E-state index contributed by atoms with van der Waals surface area (Å²) in [6, 6.07) is 14.7. The Morgan fingerprint density at radius 2 is 1.86 bits per heavy atom. The number of allylic oxidation sites excluding steroid dienone is 1. The molecule has 0 saturated carbocycles. The quantitative estimate of drug-likeness (QED) is 0.340. The molecule has 0 aliphatic heterocycles. The molecule has 0 radical (unpaired) electrons. The van der Waals surface area contributed by atoms with E-state index in [2.05, 4.69) is 12.1 Å². The van der Waals surface area contributed by atoms with Crippen LogP contribution in [0.4, 0.5) is 0 Å². The molecule has 0 bridgehead atoms. The molecular weight excluding hydrogens is 395 g/mol. The monoisotopic (exact) mass is 412 g/mol. The van der Waals surface area contributed by atoms with Gasteiger partial charge in [0.15, 0.2) is 5.78 Å². The van der Waals surface area contributed by atoms with Crippen LogP contribution in [0, 0.1) is 0 Å². The molecule has 0 fully saturated rings. The predicted octanol–water partition coefficient (Wildman–Crippen LogP) is 6.55. The van der Waals surface area contributed by atoms with Crippen LogP contribution in [0.25, 0.3) is 6.08 Å². The number of hydrogen-bond acceptors (Lipinski definition) is 3.